The topological polar surface area (TPSA) is 21.3 Å². The van der Waals surface area contributed by atoms with E-state index in [1.807, 2.05) is 6.07 Å². The molecule has 0 spiro atoms. The highest BCUT2D eigenvalue weighted by molar-refractivity contribution is 5.30. The van der Waals surface area contributed by atoms with Crippen LogP contribution in [0.5, 0.6) is 0 Å². The van der Waals surface area contributed by atoms with Crippen LogP contribution in [-0.4, -0.2) is 26.3 Å². The van der Waals surface area contributed by atoms with Crippen molar-refractivity contribution >= 4 is 0 Å². The van der Waals surface area contributed by atoms with Crippen LogP contribution in [0.3, 0.4) is 0 Å². The van der Waals surface area contributed by atoms with E-state index in [1.54, 1.807) is 12.1 Å². The van der Waals surface area contributed by atoms with Crippen LogP contribution in [0.25, 0.3) is 0 Å². The summed E-state index contributed by atoms with van der Waals surface area (Å²) in [5.74, 6) is 0.442. The molecule has 3 heteroatoms. The molecule has 1 atom stereocenters. The average molecular weight is 221 g/mol. The zero-order chi connectivity index (χ0) is 11.0. The Bertz CT molecular complexity index is 383. The Balaban J connectivity index is 1.94. The van der Waals surface area contributed by atoms with E-state index in [2.05, 4.69) is 5.32 Å². The number of ether oxygens (including phenoxy) is 1. The normalized spacial score (nSPS) is 27.7. The third kappa shape index (κ3) is 1.46. The monoisotopic (exact) mass is 221 g/mol. The summed E-state index contributed by atoms with van der Waals surface area (Å²) in [6.45, 7) is 3.58. The summed E-state index contributed by atoms with van der Waals surface area (Å²) in [5, 5.41) is 3.38. The molecular weight excluding hydrogens is 205 g/mol. The molecule has 0 aliphatic carbocycles. The SMILES string of the molecule is Fc1cccc(C2(C3CCNC3)COC2)c1. The van der Waals surface area contributed by atoms with Crippen LogP contribution in [-0.2, 0) is 10.2 Å². The summed E-state index contributed by atoms with van der Waals surface area (Å²) in [5.41, 5.74) is 1.17. The maximum absolute atomic E-state index is 13.3. The van der Waals surface area contributed by atoms with Gasteiger partial charge in [-0.2, -0.15) is 0 Å². The number of rotatable bonds is 2. The first-order valence-corrected chi connectivity index (χ1v) is 5.86. The Labute approximate surface area is 94.8 Å². The van der Waals surface area contributed by atoms with E-state index >= 15 is 0 Å². The third-order valence-corrected chi connectivity index (χ3v) is 3.96. The quantitative estimate of drug-likeness (QED) is 0.820. The number of halogens is 1. The van der Waals surface area contributed by atoms with Crippen LogP contribution < -0.4 is 5.32 Å². The number of benzene rings is 1. The van der Waals surface area contributed by atoms with Gasteiger partial charge < -0.3 is 10.1 Å². The van der Waals surface area contributed by atoms with Gasteiger partial charge in [0.2, 0.25) is 0 Å². The van der Waals surface area contributed by atoms with Gasteiger partial charge in [0.25, 0.3) is 0 Å². The fraction of sp³-hybridized carbons (Fsp3) is 0.538. The maximum Gasteiger partial charge on any atom is 0.123 e. The lowest BCUT2D eigenvalue weighted by Crippen LogP contribution is -2.53. The number of hydrogen-bond acceptors (Lipinski definition) is 2. The van der Waals surface area contributed by atoms with Crippen molar-refractivity contribution in [2.45, 2.75) is 11.8 Å². The van der Waals surface area contributed by atoms with E-state index in [4.69, 9.17) is 4.74 Å². The lowest BCUT2D eigenvalue weighted by Gasteiger charge is -2.46. The third-order valence-electron chi connectivity index (χ3n) is 3.96. The van der Waals surface area contributed by atoms with Crippen molar-refractivity contribution in [2.24, 2.45) is 5.92 Å². The van der Waals surface area contributed by atoms with Crippen LogP contribution in [0.15, 0.2) is 24.3 Å². The molecule has 3 rings (SSSR count). The second-order valence-corrected chi connectivity index (χ2v) is 4.85. The van der Waals surface area contributed by atoms with Crippen molar-refractivity contribution in [1.82, 2.24) is 5.32 Å². The van der Waals surface area contributed by atoms with E-state index in [0.29, 0.717) is 5.92 Å². The summed E-state index contributed by atoms with van der Waals surface area (Å²) < 4.78 is 18.7. The molecule has 86 valence electrons. The Morgan fingerprint density at radius 1 is 1.38 bits per heavy atom. The molecule has 16 heavy (non-hydrogen) atoms. The summed E-state index contributed by atoms with van der Waals surface area (Å²) in [6.07, 6.45) is 1.17. The molecule has 2 saturated heterocycles. The van der Waals surface area contributed by atoms with Gasteiger partial charge in [0, 0.05) is 5.41 Å². The standard InChI is InChI=1S/C13H16FNO/c14-12-3-1-2-10(6-12)13(8-16-9-13)11-4-5-15-7-11/h1-3,6,11,15H,4-5,7-9H2. The summed E-state index contributed by atoms with van der Waals surface area (Å²) in [4.78, 5) is 0. The van der Waals surface area contributed by atoms with Gasteiger partial charge in [0.05, 0.1) is 13.2 Å². The van der Waals surface area contributed by atoms with Crippen molar-refractivity contribution in [3.8, 4) is 0 Å². The highest BCUT2D eigenvalue weighted by atomic mass is 19.1. The van der Waals surface area contributed by atoms with E-state index in [1.165, 1.54) is 12.5 Å². The van der Waals surface area contributed by atoms with Crippen LogP contribution in [0.4, 0.5) is 4.39 Å². The summed E-state index contributed by atoms with van der Waals surface area (Å²) in [6, 6.07) is 7.00. The molecular formula is C13H16FNO. The molecule has 0 radical (unpaired) electrons. The van der Waals surface area contributed by atoms with Crippen molar-refractivity contribution in [1.29, 1.82) is 0 Å². The van der Waals surface area contributed by atoms with Crippen LogP contribution in [0.2, 0.25) is 0 Å². The molecule has 2 nitrogen and oxygen atoms in total. The summed E-state index contributed by atoms with van der Waals surface area (Å²) in [7, 11) is 0. The molecule has 1 aromatic rings. The molecule has 1 aromatic carbocycles. The number of nitrogens with one attached hydrogen (secondary N) is 1. The zero-order valence-corrected chi connectivity index (χ0v) is 9.21. The second kappa shape index (κ2) is 3.82. The van der Waals surface area contributed by atoms with Gasteiger partial charge in [-0.15, -0.1) is 0 Å². The molecule has 1 unspecified atom stereocenters. The lowest BCUT2D eigenvalue weighted by atomic mass is 9.68. The zero-order valence-electron chi connectivity index (χ0n) is 9.21. The Hall–Kier alpha value is -0.930. The van der Waals surface area contributed by atoms with Gasteiger partial charge in [-0.1, -0.05) is 12.1 Å². The highest BCUT2D eigenvalue weighted by Gasteiger charge is 2.47. The molecule has 0 bridgehead atoms. The second-order valence-electron chi connectivity index (χ2n) is 4.85. The predicted octanol–water partition coefficient (Wildman–Crippen LogP) is 1.70. The first-order valence-electron chi connectivity index (χ1n) is 5.86. The molecule has 2 fully saturated rings. The molecule has 2 heterocycles. The van der Waals surface area contributed by atoms with E-state index < -0.39 is 0 Å². The molecule has 0 aromatic heterocycles. The fourth-order valence-electron chi connectivity index (χ4n) is 2.88. The molecule has 2 aliphatic rings. The van der Waals surface area contributed by atoms with E-state index in [0.717, 1.165) is 31.9 Å². The van der Waals surface area contributed by atoms with E-state index in [-0.39, 0.29) is 11.2 Å². The maximum atomic E-state index is 13.3. The molecule has 2 aliphatic heterocycles. The molecule has 0 amide bonds. The highest BCUT2D eigenvalue weighted by Crippen LogP contribution is 2.42. The van der Waals surface area contributed by atoms with Gasteiger partial charge >= 0.3 is 0 Å². The Morgan fingerprint density at radius 3 is 2.81 bits per heavy atom. The van der Waals surface area contributed by atoms with Crippen LogP contribution in [0.1, 0.15) is 12.0 Å². The Morgan fingerprint density at radius 2 is 2.25 bits per heavy atom. The fourth-order valence-corrected chi connectivity index (χ4v) is 2.88. The largest absolute Gasteiger partial charge is 0.379 e. The van der Waals surface area contributed by atoms with E-state index in [9.17, 15) is 4.39 Å². The van der Waals surface area contributed by atoms with Crippen LogP contribution >= 0.6 is 0 Å². The van der Waals surface area contributed by atoms with Gasteiger partial charge in [0.15, 0.2) is 0 Å². The minimum Gasteiger partial charge on any atom is -0.379 e. The number of hydrogen-bond donors (Lipinski definition) is 1. The van der Waals surface area contributed by atoms with Crippen molar-refractivity contribution in [2.75, 3.05) is 26.3 Å². The minimum atomic E-state index is -0.144. The predicted molar refractivity (Wildman–Crippen MR) is 59.9 cm³/mol. The van der Waals surface area contributed by atoms with Gasteiger partial charge in [-0.25, -0.2) is 4.39 Å². The van der Waals surface area contributed by atoms with Crippen LogP contribution in [0, 0.1) is 11.7 Å². The smallest absolute Gasteiger partial charge is 0.123 e. The van der Waals surface area contributed by atoms with Crippen molar-refractivity contribution < 1.29 is 9.13 Å². The minimum absolute atomic E-state index is 0.0611. The van der Waals surface area contributed by atoms with Gasteiger partial charge in [-0.3, -0.25) is 0 Å². The molecule has 0 saturated carbocycles. The van der Waals surface area contributed by atoms with Crippen molar-refractivity contribution in [3.63, 3.8) is 0 Å². The first kappa shape index (κ1) is 10.2. The molecule has 1 N–H and O–H groups in total. The Kier molecular flexibility index (Phi) is 2.45. The van der Waals surface area contributed by atoms with Crippen molar-refractivity contribution in [3.05, 3.63) is 35.6 Å². The average Bonchev–Trinajstić information content (AvgIpc) is 2.70. The van der Waals surface area contributed by atoms with Gasteiger partial charge in [0.1, 0.15) is 5.82 Å². The van der Waals surface area contributed by atoms with Gasteiger partial charge in [-0.05, 0) is 43.1 Å². The first-order chi connectivity index (χ1) is 7.81. The summed E-state index contributed by atoms with van der Waals surface area (Å²) >= 11 is 0. The lowest BCUT2D eigenvalue weighted by molar-refractivity contribution is -0.0870.